The second-order valence-electron chi connectivity index (χ2n) is 9.16. The van der Waals surface area contributed by atoms with Crippen molar-refractivity contribution in [3.05, 3.63) is 0 Å². The van der Waals surface area contributed by atoms with E-state index in [0.717, 1.165) is 4.90 Å². The van der Waals surface area contributed by atoms with Crippen LogP contribution in [0.4, 0.5) is 0 Å². The summed E-state index contributed by atoms with van der Waals surface area (Å²) < 4.78 is 38.9. The van der Waals surface area contributed by atoms with Gasteiger partial charge < -0.3 is 19.1 Å². The molecule has 1 amide bonds. The van der Waals surface area contributed by atoms with Gasteiger partial charge in [0.15, 0.2) is 6.23 Å². The maximum Gasteiger partial charge on any atom is 0.349 e. The molecule has 1 rings (SSSR count). The van der Waals surface area contributed by atoms with Gasteiger partial charge in [-0.2, -0.15) is 0 Å². The average molecular weight is 465 g/mol. The number of nitrogens with zero attached hydrogens (tertiary/aromatic N) is 1. The van der Waals surface area contributed by atoms with Crippen molar-refractivity contribution in [3.63, 3.8) is 0 Å². The van der Waals surface area contributed by atoms with Gasteiger partial charge in [-0.3, -0.25) is 32.8 Å². The lowest BCUT2D eigenvalue weighted by atomic mass is 9.98. The minimum absolute atomic E-state index is 0.174. The number of esters is 3. The first kappa shape index (κ1) is 27.1. The topological polar surface area (TPSA) is 135 Å². The Bertz CT molecular complexity index is 716. The molecule has 178 valence electrons. The van der Waals surface area contributed by atoms with Gasteiger partial charge in [-0.1, -0.05) is 0 Å². The molecule has 1 aliphatic heterocycles. The van der Waals surface area contributed by atoms with Crippen LogP contribution in [0.25, 0.3) is 0 Å². The van der Waals surface area contributed by atoms with Crippen molar-refractivity contribution in [2.24, 2.45) is 10.8 Å². The summed E-state index contributed by atoms with van der Waals surface area (Å²) >= 11 is 0. The fourth-order valence-electron chi connectivity index (χ4n) is 2.37. The minimum atomic E-state index is -4.30. The van der Waals surface area contributed by atoms with Gasteiger partial charge in [0.25, 0.3) is 0 Å². The molecule has 1 heterocycles. The molecule has 0 aromatic rings. The molecule has 0 bridgehead atoms. The molecule has 0 aliphatic carbocycles. The minimum Gasteiger partial charge on any atom is -0.442 e. The standard InChI is InChI=1S/C19H32NO10P/c1-12(21)30-14-9-13(15(22)20(14)8)31(25,28-10-26-16(23)18(2,3)4)29-11-27-17(24)19(5,6)7/h13-14H,9-11H2,1-8H3. The van der Waals surface area contributed by atoms with Crippen LogP contribution in [0.2, 0.25) is 0 Å². The van der Waals surface area contributed by atoms with Crippen molar-refractivity contribution < 1.29 is 47.0 Å². The van der Waals surface area contributed by atoms with Crippen molar-refractivity contribution in [2.75, 3.05) is 20.6 Å². The second-order valence-corrected chi connectivity index (χ2v) is 11.4. The van der Waals surface area contributed by atoms with Crippen LogP contribution < -0.4 is 0 Å². The Morgan fingerprint density at radius 1 is 0.968 bits per heavy atom. The number of carbonyl (C=O) groups is 4. The highest BCUT2D eigenvalue weighted by Crippen LogP contribution is 2.57. The van der Waals surface area contributed by atoms with E-state index in [1.807, 2.05) is 0 Å². The number of hydrogen-bond donors (Lipinski definition) is 0. The lowest BCUT2D eigenvalue weighted by Gasteiger charge is -2.24. The smallest absolute Gasteiger partial charge is 0.349 e. The van der Waals surface area contributed by atoms with Crippen LogP contribution in [-0.4, -0.2) is 61.2 Å². The van der Waals surface area contributed by atoms with E-state index in [1.165, 1.54) is 14.0 Å². The lowest BCUT2D eigenvalue weighted by Crippen LogP contribution is -2.33. The second kappa shape index (κ2) is 10.1. The molecule has 11 nitrogen and oxygen atoms in total. The first-order valence-corrected chi connectivity index (χ1v) is 11.3. The number of amides is 1. The van der Waals surface area contributed by atoms with E-state index in [0.29, 0.717) is 0 Å². The van der Waals surface area contributed by atoms with Gasteiger partial charge in [-0.15, -0.1) is 0 Å². The molecule has 31 heavy (non-hydrogen) atoms. The molecule has 2 unspecified atom stereocenters. The van der Waals surface area contributed by atoms with Gasteiger partial charge in [0.2, 0.25) is 19.5 Å². The molecule has 1 saturated heterocycles. The summed E-state index contributed by atoms with van der Waals surface area (Å²) in [4.78, 5) is 48.9. The molecule has 0 radical (unpaired) electrons. The average Bonchev–Trinajstić information content (AvgIpc) is 2.88. The monoisotopic (exact) mass is 465 g/mol. The summed E-state index contributed by atoms with van der Waals surface area (Å²) in [6.45, 7) is 9.42. The number of hydrogen-bond acceptors (Lipinski definition) is 10. The van der Waals surface area contributed by atoms with Gasteiger partial charge in [-0.05, 0) is 41.5 Å². The molecular weight excluding hydrogens is 433 g/mol. The molecule has 2 atom stereocenters. The largest absolute Gasteiger partial charge is 0.442 e. The molecular formula is C19H32NO10P. The van der Waals surface area contributed by atoms with Crippen LogP contribution in [0, 0.1) is 10.8 Å². The highest BCUT2D eigenvalue weighted by Gasteiger charge is 2.52. The number of rotatable bonds is 8. The van der Waals surface area contributed by atoms with E-state index >= 15 is 0 Å². The molecule has 0 saturated carbocycles. The van der Waals surface area contributed by atoms with E-state index < -0.39 is 67.7 Å². The lowest BCUT2D eigenvalue weighted by molar-refractivity contribution is -0.162. The molecule has 1 aliphatic rings. The van der Waals surface area contributed by atoms with E-state index in [1.54, 1.807) is 41.5 Å². The van der Waals surface area contributed by atoms with Crippen LogP contribution in [0.3, 0.4) is 0 Å². The summed E-state index contributed by atoms with van der Waals surface area (Å²) in [6, 6.07) is 0. The SMILES string of the molecule is CC(=O)OC1CC(P(=O)(OCOC(=O)C(C)(C)C)OCOC(=O)C(C)(C)C)C(=O)N1C. The zero-order valence-electron chi connectivity index (χ0n) is 19.3. The predicted molar refractivity (Wildman–Crippen MR) is 107 cm³/mol. The van der Waals surface area contributed by atoms with Gasteiger partial charge in [0, 0.05) is 20.4 Å². The highest BCUT2D eigenvalue weighted by molar-refractivity contribution is 7.55. The number of ether oxygens (including phenoxy) is 3. The van der Waals surface area contributed by atoms with Gasteiger partial charge >= 0.3 is 25.5 Å². The number of carbonyl (C=O) groups excluding carboxylic acids is 4. The van der Waals surface area contributed by atoms with E-state index in [-0.39, 0.29) is 6.42 Å². The zero-order valence-corrected chi connectivity index (χ0v) is 20.1. The molecule has 0 aromatic carbocycles. The maximum atomic E-state index is 13.5. The highest BCUT2D eigenvalue weighted by atomic mass is 31.2. The Labute approximate surface area is 182 Å². The van der Waals surface area contributed by atoms with E-state index in [9.17, 15) is 23.7 Å². The Hall–Kier alpha value is -1.97. The first-order valence-electron chi connectivity index (χ1n) is 9.66. The summed E-state index contributed by atoms with van der Waals surface area (Å²) in [5.41, 5.74) is -3.01. The Balaban J connectivity index is 2.97. The fourth-order valence-corrected chi connectivity index (χ4v) is 4.09. The molecule has 12 heteroatoms. The molecule has 0 aromatic heterocycles. The normalized spacial score (nSPS) is 19.9. The van der Waals surface area contributed by atoms with Crippen molar-refractivity contribution in [1.29, 1.82) is 0 Å². The van der Waals surface area contributed by atoms with Gasteiger partial charge in [-0.25, -0.2) is 0 Å². The Kier molecular flexibility index (Phi) is 8.82. The van der Waals surface area contributed by atoms with Crippen molar-refractivity contribution in [1.82, 2.24) is 4.90 Å². The van der Waals surface area contributed by atoms with Crippen LogP contribution in [0.5, 0.6) is 0 Å². The summed E-state index contributed by atoms with van der Waals surface area (Å²) in [5, 5.41) is 0. The zero-order chi connectivity index (χ0) is 24.2. The van der Waals surface area contributed by atoms with E-state index in [2.05, 4.69) is 0 Å². The third kappa shape index (κ3) is 7.59. The van der Waals surface area contributed by atoms with Gasteiger partial charge in [0.1, 0.15) is 5.66 Å². The molecule has 0 spiro atoms. The first-order chi connectivity index (χ1) is 14.0. The van der Waals surface area contributed by atoms with Crippen molar-refractivity contribution >= 4 is 31.4 Å². The summed E-state index contributed by atoms with van der Waals surface area (Å²) in [5.74, 6) is -2.52. The van der Waals surface area contributed by atoms with Crippen molar-refractivity contribution in [3.8, 4) is 0 Å². The predicted octanol–water partition coefficient (Wildman–Crippen LogP) is 2.43. The number of likely N-dealkylation sites (tertiary alicyclic amines) is 1. The van der Waals surface area contributed by atoms with Crippen LogP contribution in [0.1, 0.15) is 54.9 Å². The van der Waals surface area contributed by atoms with Crippen molar-refractivity contribution in [2.45, 2.75) is 66.8 Å². The van der Waals surface area contributed by atoms with E-state index in [4.69, 9.17) is 23.3 Å². The maximum absolute atomic E-state index is 13.5. The van der Waals surface area contributed by atoms with Crippen LogP contribution in [0.15, 0.2) is 0 Å². The van der Waals surface area contributed by atoms with Gasteiger partial charge in [0.05, 0.1) is 10.8 Å². The fraction of sp³-hybridized carbons (Fsp3) is 0.789. The third-order valence-electron chi connectivity index (χ3n) is 4.24. The molecule has 0 N–H and O–H groups in total. The van der Waals surface area contributed by atoms with Crippen LogP contribution in [-0.2, 0) is 47.0 Å². The van der Waals surface area contributed by atoms with Crippen LogP contribution >= 0.6 is 7.60 Å². The summed E-state index contributed by atoms with van der Waals surface area (Å²) in [7, 11) is -2.92. The third-order valence-corrected chi connectivity index (χ3v) is 6.37. The Morgan fingerprint density at radius 3 is 1.74 bits per heavy atom. The summed E-state index contributed by atoms with van der Waals surface area (Å²) in [6.07, 6.45) is -1.14. The quantitative estimate of drug-likeness (QED) is 0.228. The Morgan fingerprint density at radius 2 is 1.39 bits per heavy atom. The molecule has 1 fully saturated rings.